The third kappa shape index (κ3) is 1.61. The Kier molecular flexibility index (Phi) is 2.65. The van der Waals surface area contributed by atoms with Gasteiger partial charge in [0, 0.05) is 11.3 Å². The number of aryl methyl sites for hydroxylation is 3. The normalized spacial score (nSPS) is 11.2. The van der Waals surface area contributed by atoms with E-state index in [2.05, 4.69) is 23.9 Å². The molecule has 0 radical (unpaired) electrons. The third-order valence-corrected chi connectivity index (χ3v) is 2.89. The molecule has 0 fully saturated rings. The van der Waals surface area contributed by atoms with Gasteiger partial charge in [-0.2, -0.15) is 5.10 Å². The third-order valence-electron chi connectivity index (χ3n) is 2.62. The molecule has 0 atom stereocenters. The van der Waals surface area contributed by atoms with Crippen LogP contribution in [0.4, 0.5) is 0 Å². The molecule has 2 rings (SSSR count). The molecule has 2 heterocycles. The van der Waals surface area contributed by atoms with Crippen LogP contribution in [0, 0.1) is 6.92 Å². The van der Waals surface area contributed by atoms with Crippen LogP contribution >= 0.6 is 11.6 Å². The average Bonchev–Trinajstić information content (AvgIpc) is 2.56. The Hall–Kier alpha value is -1.09. The predicted octanol–water partition coefficient (Wildman–Crippen LogP) is 2.82. The van der Waals surface area contributed by atoms with Crippen LogP contribution in [-0.2, 0) is 12.8 Å². The van der Waals surface area contributed by atoms with Crippen LogP contribution < -0.4 is 0 Å². The molecule has 0 spiro atoms. The molecule has 15 heavy (non-hydrogen) atoms. The number of nitrogens with zero attached hydrogens (tertiary/aromatic N) is 3. The highest BCUT2D eigenvalue weighted by Gasteiger charge is 2.11. The molecule has 0 saturated heterocycles. The Bertz CT molecular complexity index is 502. The Labute approximate surface area is 94.1 Å². The second kappa shape index (κ2) is 3.81. The molecule has 0 bridgehead atoms. The Morgan fingerprint density at radius 3 is 2.67 bits per heavy atom. The Morgan fingerprint density at radius 1 is 1.33 bits per heavy atom. The summed E-state index contributed by atoms with van der Waals surface area (Å²) in [5, 5.41) is 5.07. The quantitative estimate of drug-likeness (QED) is 0.733. The first-order valence-electron chi connectivity index (χ1n) is 5.21. The number of halogens is 1. The van der Waals surface area contributed by atoms with E-state index in [4.69, 9.17) is 11.6 Å². The van der Waals surface area contributed by atoms with Crippen molar-refractivity contribution in [3.8, 4) is 0 Å². The average molecular weight is 224 g/mol. The standard InChI is InChI=1S/C11H14ClN3/c1-4-8-6-10(12)15-11(13-8)7(3)9(5-2)14-15/h6H,4-5H2,1-3H3. The van der Waals surface area contributed by atoms with Crippen molar-refractivity contribution in [3.05, 3.63) is 28.2 Å². The SMILES string of the molecule is CCc1cc(Cl)n2nc(CC)c(C)c2n1. The highest BCUT2D eigenvalue weighted by molar-refractivity contribution is 6.29. The molecule has 2 aromatic rings. The van der Waals surface area contributed by atoms with Crippen molar-refractivity contribution in [2.75, 3.05) is 0 Å². The maximum atomic E-state index is 6.14. The van der Waals surface area contributed by atoms with E-state index in [1.54, 1.807) is 4.52 Å². The van der Waals surface area contributed by atoms with Crippen molar-refractivity contribution in [1.29, 1.82) is 0 Å². The zero-order valence-corrected chi connectivity index (χ0v) is 9.97. The first-order chi connectivity index (χ1) is 7.17. The zero-order valence-electron chi connectivity index (χ0n) is 9.21. The highest BCUT2D eigenvalue weighted by atomic mass is 35.5. The van der Waals surface area contributed by atoms with Gasteiger partial charge in [0.15, 0.2) is 5.65 Å². The van der Waals surface area contributed by atoms with Crippen molar-refractivity contribution < 1.29 is 0 Å². The van der Waals surface area contributed by atoms with Gasteiger partial charge in [0.05, 0.1) is 5.69 Å². The largest absolute Gasteiger partial charge is 0.233 e. The summed E-state index contributed by atoms with van der Waals surface area (Å²) in [6.07, 6.45) is 1.80. The van der Waals surface area contributed by atoms with E-state index in [-0.39, 0.29) is 0 Å². The minimum Gasteiger partial charge on any atom is -0.233 e. The molecular weight excluding hydrogens is 210 g/mol. The molecule has 4 heteroatoms. The van der Waals surface area contributed by atoms with E-state index >= 15 is 0 Å². The minimum absolute atomic E-state index is 0.639. The first-order valence-corrected chi connectivity index (χ1v) is 5.58. The molecule has 0 amide bonds. The van der Waals surface area contributed by atoms with E-state index in [1.165, 1.54) is 0 Å². The summed E-state index contributed by atoms with van der Waals surface area (Å²) in [4.78, 5) is 4.54. The van der Waals surface area contributed by atoms with E-state index in [0.29, 0.717) is 5.15 Å². The minimum atomic E-state index is 0.639. The molecule has 80 valence electrons. The monoisotopic (exact) mass is 223 g/mol. The molecule has 0 aliphatic rings. The van der Waals surface area contributed by atoms with Crippen molar-refractivity contribution in [2.45, 2.75) is 33.6 Å². The van der Waals surface area contributed by atoms with Crippen LogP contribution in [0.5, 0.6) is 0 Å². The van der Waals surface area contributed by atoms with Crippen LogP contribution in [0.25, 0.3) is 5.65 Å². The fourth-order valence-corrected chi connectivity index (χ4v) is 1.94. The van der Waals surface area contributed by atoms with E-state index in [9.17, 15) is 0 Å². The maximum absolute atomic E-state index is 6.14. The van der Waals surface area contributed by atoms with Crippen molar-refractivity contribution in [2.24, 2.45) is 0 Å². The smallest absolute Gasteiger partial charge is 0.160 e. The second-order valence-electron chi connectivity index (χ2n) is 3.58. The fourth-order valence-electron chi connectivity index (χ4n) is 1.70. The van der Waals surface area contributed by atoms with Gasteiger partial charge < -0.3 is 0 Å². The molecule has 0 unspecified atom stereocenters. The molecule has 0 aliphatic heterocycles. The van der Waals surface area contributed by atoms with Crippen molar-refractivity contribution in [3.63, 3.8) is 0 Å². The summed E-state index contributed by atoms with van der Waals surface area (Å²) in [7, 11) is 0. The number of rotatable bonds is 2. The highest BCUT2D eigenvalue weighted by Crippen LogP contribution is 2.19. The summed E-state index contributed by atoms with van der Waals surface area (Å²) in [5.41, 5.74) is 4.10. The molecule has 0 saturated carbocycles. The van der Waals surface area contributed by atoms with Gasteiger partial charge in [-0.05, 0) is 25.8 Å². The van der Waals surface area contributed by atoms with Crippen LogP contribution in [0.3, 0.4) is 0 Å². The number of hydrogen-bond donors (Lipinski definition) is 0. The molecule has 0 aromatic carbocycles. The Morgan fingerprint density at radius 2 is 2.07 bits per heavy atom. The lowest BCUT2D eigenvalue weighted by Crippen LogP contribution is -1.96. The summed E-state index contributed by atoms with van der Waals surface area (Å²) in [6.45, 7) is 6.20. The lowest BCUT2D eigenvalue weighted by atomic mass is 10.2. The predicted molar refractivity (Wildman–Crippen MR) is 61.5 cm³/mol. The summed E-state index contributed by atoms with van der Waals surface area (Å²) < 4.78 is 1.72. The van der Waals surface area contributed by atoms with Crippen LogP contribution in [0.1, 0.15) is 30.8 Å². The first kappa shape index (κ1) is 10.4. The van der Waals surface area contributed by atoms with Gasteiger partial charge in [-0.25, -0.2) is 9.50 Å². The van der Waals surface area contributed by atoms with E-state index in [1.807, 2.05) is 13.0 Å². The summed E-state index contributed by atoms with van der Waals surface area (Å²) >= 11 is 6.14. The lowest BCUT2D eigenvalue weighted by Gasteiger charge is -2.00. The number of hydrogen-bond acceptors (Lipinski definition) is 2. The van der Waals surface area contributed by atoms with Crippen LogP contribution in [-0.4, -0.2) is 14.6 Å². The van der Waals surface area contributed by atoms with E-state index in [0.717, 1.165) is 35.4 Å². The van der Waals surface area contributed by atoms with Gasteiger partial charge in [-0.15, -0.1) is 0 Å². The van der Waals surface area contributed by atoms with Gasteiger partial charge in [-0.3, -0.25) is 0 Å². The topological polar surface area (TPSA) is 30.2 Å². The van der Waals surface area contributed by atoms with Gasteiger partial charge in [0.1, 0.15) is 5.15 Å². The fraction of sp³-hybridized carbons (Fsp3) is 0.455. The van der Waals surface area contributed by atoms with Gasteiger partial charge in [0.2, 0.25) is 0 Å². The van der Waals surface area contributed by atoms with Crippen LogP contribution in [0.2, 0.25) is 5.15 Å². The zero-order chi connectivity index (χ0) is 11.0. The molecular formula is C11H14ClN3. The molecule has 2 aromatic heterocycles. The van der Waals surface area contributed by atoms with Gasteiger partial charge in [0.25, 0.3) is 0 Å². The van der Waals surface area contributed by atoms with Gasteiger partial charge >= 0.3 is 0 Å². The summed E-state index contributed by atoms with van der Waals surface area (Å²) in [5.74, 6) is 0. The molecule has 0 N–H and O–H groups in total. The second-order valence-corrected chi connectivity index (χ2v) is 3.97. The van der Waals surface area contributed by atoms with Gasteiger partial charge in [-0.1, -0.05) is 25.4 Å². The molecule has 3 nitrogen and oxygen atoms in total. The van der Waals surface area contributed by atoms with E-state index < -0.39 is 0 Å². The van der Waals surface area contributed by atoms with Crippen LogP contribution in [0.15, 0.2) is 6.07 Å². The van der Waals surface area contributed by atoms with Crippen molar-refractivity contribution >= 4 is 17.2 Å². The summed E-state index contributed by atoms with van der Waals surface area (Å²) in [6, 6.07) is 1.88. The number of fused-ring (bicyclic) bond motifs is 1. The lowest BCUT2D eigenvalue weighted by molar-refractivity contribution is 0.874. The number of aromatic nitrogens is 3. The molecule has 0 aliphatic carbocycles. The maximum Gasteiger partial charge on any atom is 0.160 e. The Balaban J connectivity index is 2.77. The van der Waals surface area contributed by atoms with Crippen molar-refractivity contribution in [1.82, 2.24) is 14.6 Å².